The summed E-state index contributed by atoms with van der Waals surface area (Å²) in [6.07, 6.45) is 0. The highest BCUT2D eigenvalue weighted by Gasteiger charge is 2.25. The van der Waals surface area contributed by atoms with Crippen molar-refractivity contribution < 1.29 is 29.4 Å². The van der Waals surface area contributed by atoms with E-state index >= 15 is 0 Å². The van der Waals surface area contributed by atoms with Crippen molar-refractivity contribution in [3.63, 3.8) is 0 Å². The molecule has 0 bridgehead atoms. The predicted octanol–water partition coefficient (Wildman–Crippen LogP) is 3.61. The molecule has 3 aromatic rings. The number of carboxylic acid groups (broad SMARTS) is 1. The van der Waals surface area contributed by atoms with E-state index in [2.05, 4.69) is 16.0 Å². The smallest absolute Gasteiger partial charge is 0.328 e. The van der Waals surface area contributed by atoms with Gasteiger partial charge in [-0.1, -0.05) is 35.3 Å². The molecular weight excluding hydrogens is 529 g/mol. The maximum absolute atomic E-state index is 12.8. The molecule has 12 heteroatoms. The zero-order chi connectivity index (χ0) is 26.4. The lowest BCUT2D eigenvalue weighted by Crippen LogP contribution is -2.48. The van der Waals surface area contributed by atoms with Crippen molar-refractivity contribution in [1.82, 2.24) is 16.0 Å². The second-order valence-electron chi connectivity index (χ2n) is 7.65. The summed E-state index contributed by atoms with van der Waals surface area (Å²) < 4.78 is 0. The van der Waals surface area contributed by atoms with E-state index in [4.69, 9.17) is 23.2 Å². The fourth-order valence-corrected chi connectivity index (χ4v) is 4.58. The Kier molecular flexibility index (Phi) is 8.92. The quantitative estimate of drug-likeness (QED) is 0.275. The average Bonchev–Trinajstić information content (AvgIpc) is 3.25. The molecule has 0 aliphatic rings. The van der Waals surface area contributed by atoms with E-state index < -0.39 is 29.7 Å². The molecule has 3 rings (SSSR count). The van der Waals surface area contributed by atoms with Crippen LogP contribution in [0.25, 0.3) is 0 Å². The van der Waals surface area contributed by atoms with Crippen LogP contribution in [0, 0.1) is 6.92 Å². The highest BCUT2D eigenvalue weighted by molar-refractivity contribution is 7.13. The molecular formula is C24H21Cl2N3O6S. The Morgan fingerprint density at radius 3 is 2.22 bits per heavy atom. The number of benzene rings is 2. The number of nitrogens with one attached hydrogen (secondary N) is 3. The van der Waals surface area contributed by atoms with Gasteiger partial charge in [0.1, 0.15) is 11.8 Å². The van der Waals surface area contributed by atoms with Crippen LogP contribution in [-0.4, -0.2) is 46.5 Å². The summed E-state index contributed by atoms with van der Waals surface area (Å²) >= 11 is 13.7. The van der Waals surface area contributed by atoms with Crippen molar-refractivity contribution >= 4 is 58.2 Å². The van der Waals surface area contributed by atoms with Gasteiger partial charge in [-0.2, -0.15) is 0 Å². The molecule has 1 atom stereocenters. The molecule has 0 aliphatic carbocycles. The number of carboxylic acids is 1. The van der Waals surface area contributed by atoms with Crippen molar-refractivity contribution in [3.05, 3.63) is 85.0 Å². The summed E-state index contributed by atoms with van der Waals surface area (Å²) in [6.45, 7) is 1.59. The number of phenolic OH excluding ortho intramolecular Hbond substituents is 1. The number of aromatic hydroxyl groups is 1. The third-order valence-corrected chi connectivity index (χ3v) is 6.52. The van der Waals surface area contributed by atoms with Crippen molar-refractivity contribution in [2.75, 3.05) is 6.54 Å². The lowest BCUT2D eigenvalue weighted by Gasteiger charge is -2.17. The molecule has 0 aliphatic heterocycles. The molecule has 1 aromatic heterocycles. The first-order valence-electron chi connectivity index (χ1n) is 10.5. The van der Waals surface area contributed by atoms with Gasteiger partial charge in [0.05, 0.1) is 20.5 Å². The van der Waals surface area contributed by atoms with Crippen LogP contribution < -0.4 is 16.0 Å². The van der Waals surface area contributed by atoms with Crippen LogP contribution in [0.2, 0.25) is 10.0 Å². The first-order valence-corrected chi connectivity index (χ1v) is 12.1. The number of carbonyl (C=O) groups is 4. The van der Waals surface area contributed by atoms with Crippen LogP contribution in [0.1, 0.15) is 40.8 Å². The average molecular weight is 550 g/mol. The summed E-state index contributed by atoms with van der Waals surface area (Å²) in [4.78, 5) is 50.5. The van der Waals surface area contributed by atoms with Gasteiger partial charge < -0.3 is 26.2 Å². The number of thiophene rings is 1. The van der Waals surface area contributed by atoms with E-state index in [-0.39, 0.29) is 40.0 Å². The van der Waals surface area contributed by atoms with Gasteiger partial charge >= 0.3 is 5.97 Å². The zero-order valence-corrected chi connectivity index (χ0v) is 21.1. The monoisotopic (exact) mass is 549 g/mol. The largest absolute Gasteiger partial charge is 0.508 e. The van der Waals surface area contributed by atoms with Crippen LogP contribution in [0.3, 0.4) is 0 Å². The lowest BCUT2D eigenvalue weighted by atomic mass is 10.1. The summed E-state index contributed by atoms with van der Waals surface area (Å²) in [7, 11) is 0. The molecule has 0 fully saturated rings. The van der Waals surface area contributed by atoms with Crippen molar-refractivity contribution in [2.24, 2.45) is 0 Å². The van der Waals surface area contributed by atoms with Crippen molar-refractivity contribution in [3.8, 4) is 5.75 Å². The second kappa shape index (κ2) is 11.9. The molecule has 5 N–H and O–H groups in total. The molecule has 1 heterocycles. The molecule has 9 nitrogen and oxygen atoms in total. The summed E-state index contributed by atoms with van der Waals surface area (Å²) in [6, 6.07) is 10.7. The maximum Gasteiger partial charge on any atom is 0.328 e. The maximum atomic E-state index is 12.8. The number of aliphatic carboxylic acids is 1. The summed E-state index contributed by atoms with van der Waals surface area (Å²) in [5, 5.41) is 26.1. The molecule has 188 valence electrons. The van der Waals surface area contributed by atoms with Gasteiger partial charge in [0.25, 0.3) is 17.7 Å². The number of phenols is 1. The van der Waals surface area contributed by atoms with E-state index in [1.165, 1.54) is 35.6 Å². The number of amides is 3. The van der Waals surface area contributed by atoms with Gasteiger partial charge in [-0.25, -0.2) is 4.79 Å². The van der Waals surface area contributed by atoms with E-state index in [9.17, 15) is 29.4 Å². The fourth-order valence-electron chi connectivity index (χ4n) is 3.14. The third-order valence-electron chi connectivity index (χ3n) is 4.93. The van der Waals surface area contributed by atoms with E-state index in [0.717, 1.165) is 4.88 Å². The Bertz CT molecular complexity index is 1300. The van der Waals surface area contributed by atoms with Gasteiger partial charge in [-0.15, -0.1) is 11.3 Å². The number of rotatable bonds is 9. The lowest BCUT2D eigenvalue weighted by molar-refractivity contribution is -0.139. The Labute approximate surface area is 220 Å². The van der Waals surface area contributed by atoms with Gasteiger partial charge in [-0.05, 0) is 48.9 Å². The molecule has 0 saturated carbocycles. The molecule has 3 amide bonds. The minimum absolute atomic E-state index is 0.0593. The van der Waals surface area contributed by atoms with Crippen molar-refractivity contribution in [1.29, 1.82) is 0 Å². The Balaban J connectivity index is 1.66. The van der Waals surface area contributed by atoms with Gasteiger partial charge in [-0.3, -0.25) is 14.4 Å². The highest BCUT2D eigenvalue weighted by atomic mass is 35.5. The zero-order valence-electron chi connectivity index (χ0n) is 18.8. The minimum Gasteiger partial charge on any atom is -0.508 e. The molecule has 2 aromatic carbocycles. The topological polar surface area (TPSA) is 145 Å². The van der Waals surface area contributed by atoms with E-state index in [1.807, 2.05) is 6.92 Å². The number of hydrogen-bond donors (Lipinski definition) is 5. The van der Waals surface area contributed by atoms with Crippen LogP contribution in [-0.2, 0) is 11.3 Å². The fraction of sp³-hybridized carbons (Fsp3) is 0.167. The van der Waals surface area contributed by atoms with Crippen LogP contribution in [0.4, 0.5) is 0 Å². The molecule has 0 spiro atoms. The van der Waals surface area contributed by atoms with E-state index in [1.54, 1.807) is 24.3 Å². The molecule has 0 saturated heterocycles. The second-order valence-corrected chi connectivity index (χ2v) is 9.75. The Hall–Kier alpha value is -3.60. The van der Waals surface area contributed by atoms with Gasteiger partial charge in [0, 0.05) is 23.5 Å². The van der Waals surface area contributed by atoms with E-state index in [0.29, 0.717) is 10.4 Å². The molecule has 0 radical (unpaired) electrons. The van der Waals surface area contributed by atoms with Crippen molar-refractivity contribution in [2.45, 2.75) is 19.5 Å². The number of halogens is 2. The van der Waals surface area contributed by atoms with Gasteiger partial charge in [0.2, 0.25) is 0 Å². The number of aryl methyl sites for hydroxylation is 1. The van der Waals surface area contributed by atoms with Crippen LogP contribution in [0.15, 0.2) is 48.5 Å². The minimum atomic E-state index is -1.46. The SMILES string of the molecule is Cc1ccc(C(=O)NC[C@H](NC(=O)c2c(Cl)cc(C(=O)NCc3cccc(O)c3)cc2Cl)C(=O)O)s1. The Morgan fingerprint density at radius 2 is 1.64 bits per heavy atom. The summed E-state index contributed by atoms with van der Waals surface area (Å²) in [5.41, 5.74) is 0.530. The first kappa shape index (κ1) is 27.0. The predicted molar refractivity (Wildman–Crippen MR) is 136 cm³/mol. The molecule has 0 unspecified atom stereocenters. The summed E-state index contributed by atoms with van der Waals surface area (Å²) in [5.74, 6) is -3.19. The standard InChI is InChI=1S/C24H21Cl2N3O6S/c1-12-5-6-19(36-12)22(32)28-11-18(24(34)35)29-23(33)20-16(25)8-14(9-17(20)26)21(31)27-10-13-3-2-4-15(30)7-13/h2-9,18,30H,10-11H2,1H3,(H,27,31)(H,28,32)(H,29,33)(H,34,35)/t18-/m0/s1. The van der Waals surface area contributed by atoms with Crippen LogP contribution >= 0.6 is 34.5 Å². The van der Waals surface area contributed by atoms with Gasteiger partial charge in [0.15, 0.2) is 0 Å². The third kappa shape index (κ3) is 6.97. The number of carbonyl (C=O) groups excluding carboxylic acids is 3. The first-order chi connectivity index (χ1) is 17.0. The Morgan fingerprint density at radius 1 is 0.944 bits per heavy atom. The number of hydrogen-bond acceptors (Lipinski definition) is 6. The normalized spacial score (nSPS) is 11.4. The highest BCUT2D eigenvalue weighted by Crippen LogP contribution is 2.27. The molecule has 36 heavy (non-hydrogen) atoms. The van der Waals surface area contributed by atoms with Crippen LogP contribution in [0.5, 0.6) is 5.75 Å².